The zero-order valence-corrected chi connectivity index (χ0v) is 13.9. The summed E-state index contributed by atoms with van der Waals surface area (Å²) in [4.78, 5) is 0. The fourth-order valence-electron chi connectivity index (χ4n) is 3.15. The third kappa shape index (κ3) is 3.65. The summed E-state index contributed by atoms with van der Waals surface area (Å²) in [7, 11) is 0. The van der Waals surface area contributed by atoms with E-state index in [9.17, 15) is 4.39 Å². The quantitative estimate of drug-likeness (QED) is 0.578. The Morgan fingerprint density at radius 3 is 2.32 bits per heavy atom. The van der Waals surface area contributed by atoms with Gasteiger partial charge in [-0.1, -0.05) is 28.8 Å². The van der Waals surface area contributed by atoms with Gasteiger partial charge in [0.05, 0.1) is 0 Å². The van der Waals surface area contributed by atoms with Gasteiger partial charge in [-0.2, -0.15) is 0 Å². The molecule has 1 aliphatic rings. The summed E-state index contributed by atoms with van der Waals surface area (Å²) in [6, 6.07) is 5.03. The van der Waals surface area contributed by atoms with E-state index in [4.69, 9.17) is 23.2 Å². The largest absolute Gasteiger partial charge is 0.207 e. The molecule has 0 saturated heterocycles. The van der Waals surface area contributed by atoms with Gasteiger partial charge >= 0.3 is 0 Å². The molecule has 0 aromatic heterocycles. The molecule has 1 saturated carbocycles. The zero-order chi connectivity index (χ0) is 13.9. The van der Waals surface area contributed by atoms with Crippen molar-refractivity contribution in [1.82, 2.24) is 0 Å². The van der Waals surface area contributed by atoms with E-state index in [1.54, 1.807) is 6.07 Å². The van der Waals surface area contributed by atoms with Crippen LogP contribution in [0.15, 0.2) is 22.7 Å². The molecule has 0 unspecified atom stereocenters. The van der Waals surface area contributed by atoms with Crippen LogP contribution in [0.3, 0.4) is 0 Å². The van der Waals surface area contributed by atoms with Gasteiger partial charge < -0.3 is 0 Å². The Morgan fingerprint density at radius 1 is 1.16 bits per heavy atom. The molecule has 0 nitrogen and oxygen atoms in total. The predicted molar refractivity (Wildman–Crippen MR) is 83.6 cm³/mol. The molecule has 0 radical (unpaired) electrons. The molecule has 2 rings (SSSR count). The van der Waals surface area contributed by atoms with Gasteiger partial charge in [-0.15, -0.1) is 23.2 Å². The summed E-state index contributed by atoms with van der Waals surface area (Å²) in [6.45, 7) is 0. The Kier molecular flexibility index (Phi) is 5.56. The van der Waals surface area contributed by atoms with Gasteiger partial charge in [-0.3, -0.25) is 0 Å². The monoisotopic (exact) mass is 366 g/mol. The standard InChI is InChI=1S/C15H18BrCl2F/c16-13-5-11(6-14(19)7-13)8-15(9-17,10-18)12-3-1-2-4-12/h5-7,12H,1-4,8-10H2. The minimum atomic E-state index is -0.214. The van der Waals surface area contributed by atoms with Gasteiger partial charge in [0.25, 0.3) is 0 Å². The second-order valence-electron chi connectivity index (χ2n) is 5.57. The first-order chi connectivity index (χ1) is 9.09. The van der Waals surface area contributed by atoms with E-state index >= 15 is 0 Å². The summed E-state index contributed by atoms with van der Waals surface area (Å²) in [5.41, 5.74) is 0.868. The van der Waals surface area contributed by atoms with Gasteiger partial charge in [0.15, 0.2) is 0 Å². The van der Waals surface area contributed by atoms with Crippen molar-refractivity contribution in [3.8, 4) is 0 Å². The van der Waals surface area contributed by atoms with Crippen molar-refractivity contribution in [3.05, 3.63) is 34.1 Å². The fraction of sp³-hybridized carbons (Fsp3) is 0.600. The maximum atomic E-state index is 13.5. The molecule has 1 aromatic rings. The topological polar surface area (TPSA) is 0 Å². The summed E-state index contributed by atoms with van der Waals surface area (Å²) in [6.07, 6.45) is 5.65. The number of alkyl halides is 2. The molecular weight excluding hydrogens is 350 g/mol. The van der Waals surface area contributed by atoms with Crippen molar-refractivity contribution in [3.63, 3.8) is 0 Å². The van der Waals surface area contributed by atoms with Crippen LogP contribution in [0.25, 0.3) is 0 Å². The highest BCUT2D eigenvalue weighted by Crippen LogP contribution is 2.44. The molecule has 1 aromatic carbocycles. The van der Waals surface area contributed by atoms with Crippen molar-refractivity contribution in [2.45, 2.75) is 32.1 Å². The molecule has 0 atom stereocenters. The van der Waals surface area contributed by atoms with Crippen LogP contribution in [-0.2, 0) is 6.42 Å². The molecule has 0 aliphatic heterocycles. The lowest BCUT2D eigenvalue weighted by Gasteiger charge is -2.36. The van der Waals surface area contributed by atoms with Crippen LogP contribution in [0, 0.1) is 17.2 Å². The third-order valence-electron chi connectivity index (χ3n) is 4.23. The van der Waals surface area contributed by atoms with Crippen LogP contribution in [0.2, 0.25) is 0 Å². The lowest BCUT2D eigenvalue weighted by Crippen LogP contribution is -2.35. The Labute approximate surface area is 132 Å². The first kappa shape index (κ1) is 15.6. The van der Waals surface area contributed by atoms with Crippen LogP contribution in [0.5, 0.6) is 0 Å². The number of halogens is 4. The summed E-state index contributed by atoms with van der Waals surface area (Å²) < 4.78 is 14.3. The molecule has 19 heavy (non-hydrogen) atoms. The lowest BCUT2D eigenvalue weighted by atomic mass is 9.73. The Hall–Kier alpha value is 0.210. The second kappa shape index (κ2) is 6.78. The first-order valence-electron chi connectivity index (χ1n) is 6.66. The maximum absolute atomic E-state index is 13.5. The number of benzene rings is 1. The average Bonchev–Trinajstić information content (AvgIpc) is 2.89. The van der Waals surface area contributed by atoms with Crippen molar-refractivity contribution in [1.29, 1.82) is 0 Å². The van der Waals surface area contributed by atoms with Gasteiger partial charge in [0.1, 0.15) is 5.82 Å². The van der Waals surface area contributed by atoms with Gasteiger partial charge in [0.2, 0.25) is 0 Å². The molecule has 0 N–H and O–H groups in total. The predicted octanol–water partition coefficient (Wildman–Crippen LogP) is 5.78. The maximum Gasteiger partial charge on any atom is 0.124 e. The SMILES string of the molecule is Fc1cc(Br)cc(CC(CCl)(CCl)C2CCCC2)c1. The van der Waals surface area contributed by atoms with E-state index in [2.05, 4.69) is 15.9 Å². The number of hydrogen-bond acceptors (Lipinski definition) is 0. The average molecular weight is 368 g/mol. The van der Waals surface area contributed by atoms with E-state index in [1.165, 1.54) is 31.7 Å². The second-order valence-corrected chi connectivity index (χ2v) is 7.02. The Morgan fingerprint density at radius 2 is 1.79 bits per heavy atom. The van der Waals surface area contributed by atoms with Crippen LogP contribution in [-0.4, -0.2) is 11.8 Å². The molecule has 0 amide bonds. The van der Waals surface area contributed by atoms with Gasteiger partial charge in [-0.25, -0.2) is 4.39 Å². The summed E-state index contributed by atoms with van der Waals surface area (Å²) >= 11 is 15.8. The number of rotatable bonds is 5. The Bertz CT molecular complexity index is 406. The van der Waals surface area contributed by atoms with E-state index in [0.29, 0.717) is 17.7 Å². The summed E-state index contributed by atoms with van der Waals surface area (Å²) in [5.74, 6) is 1.42. The van der Waals surface area contributed by atoms with Gasteiger partial charge in [-0.05, 0) is 48.9 Å². The van der Waals surface area contributed by atoms with Crippen LogP contribution < -0.4 is 0 Å². The van der Waals surface area contributed by atoms with Crippen molar-refractivity contribution >= 4 is 39.1 Å². The van der Waals surface area contributed by atoms with Crippen LogP contribution >= 0.6 is 39.1 Å². The van der Waals surface area contributed by atoms with Gasteiger partial charge in [0, 0.05) is 21.6 Å². The van der Waals surface area contributed by atoms with Crippen molar-refractivity contribution < 1.29 is 4.39 Å². The first-order valence-corrected chi connectivity index (χ1v) is 8.53. The number of hydrogen-bond donors (Lipinski definition) is 0. The highest BCUT2D eigenvalue weighted by molar-refractivity contribution is 9.10. The lowest BCUT2D eigenvalue weighted by molar-refractivity contribution is 0.225. The van der Waals surface area contributed by atoms with E-state index in [1.807, 2.05) is 6.07 Å². The molecule has 1 aliphatic carbocycles. The Balaban J connectivity index is 2.24. The van der Waals surface area contributed by atoms with E-state index < -0.39 is 0 Å². The smallest absolute Gasteiger partial charge is 0.124 e. The minimum Gasteiger partial charge on any atom is -0.207 e. The van der Waals surface area contributed by atoms with E-state index in [-0.39, 0.29) is 11.2 Å². The fourth-order valence-corrected chi connectivity index (χ4v) is 4.57. The zero-order valence-electron chi connectivity index (χ0n) is 10.8. The normalized spacial score (nSPS) is 17.1. The summed E-state index contributed by atoms with van der Waals surface area (Å²) in [5, 5.41) is 0. The highest BCUT2D eigenvalue weighted by atomic mass is 79.9. The molecule has 0 bridgehead atoms. The molecule has 0 heterocycles. The third-order valence-corrected chi connectivity index (χ3v) is 5.75. The molecular formula is C15H18BrCl2F. The molecule has 1 fully saturated rings. The van der Waals surface area contributed by atoms with Crippen LogP contribution in [0.1, 0.15) is 31.2 Å². The van der Waals surface area contributed by atoms with E-state index in [0.717, 1.165) is 16.5 Å². The molecule has 0 spiro atoms. The van der Waals surface area contributed by atoms with Crippen molar-refractivity contribution in [2.75, 3.05) is 11.8 Å². The molecule has 4 heteroatoms. The van der Waals surface area contributed by atoms with Crippen molar-refractivity contribution in [2.24, 2.45) is 11.3 Å². The van der Waals surface area contributed by atoms with Crippen LogP contribution in [0.4, 0.5) is 4.39 Å². The minimum absolute atomic E-state index is 0.104. The highest BCUT2D eigenvalue weighted by Gasteiger charge is 2.39. The molecule has 106 valence electrons.